The van der Waals surface area contributed by atoms with Gasteiger partial charge in [0.1, 0.15) is 24.8 Å². The highest BCUT2D eigenvalue weighted by atomic mass is 16.2. The minimum Gasteiger partial charge on any atom is -0.355 e. The van der Waals surface area contributed by atoms with Crippen LogP contribution in [0.4, 0.5) is 11.5 Å². The number of fused-ring (bicyclic) bond motifs is 1. The van der Waals surface area contributed by atoms with Crippen molar-refractivity contribution < 1.29 is 4.79 Å². The van der Waals surface area contributed by atoms with E-state index in [2.05, 4.69) is 30.4 Å². The van der Waals surface area contributed by atoms with E-state index in [4.69, 9.17) is 0 Å². The molecule has 0 unspecified atom stereocenters. The molecule has 0 radical (unpaired) electrons. The van der Waals surface area contributed by atoms with E-state index in [1.165, 1.54) is 12.7 Å². The first kappa shape index (κ1) is 16.3. The lowest BCUT2D eigenvalue weighted by molar-refractivity contribution is -0.120. The van der Waals surface area contributed by atoms with Gasteiger partial charge in [-0.3, -0.25) is 9.78 Å². The Morgan fingerprint density at radius 3 is 2.79 bits per heavy atom. The maximum atomic E-state index is 12.6. The van der Waals surface area contributed by atoms with Crippen molar-refractivity contribution in [2.75, 3.05) is 23.3 Å². The number of nitrogens with zero attached hydrogens (tertiary/aromatic N) is 7. The number of aromatic nitrogens is 6. The number of hydrogen-bond donors (Lipinski definition) is 1. The molecule has 4 aromatic rings. The fourth-order valence-corrected chi connectivity index (χ4v) is 3.19. The van der Waals surface area contributed by atoms with Gasteiger partial charge in [-0.15, -0.1) is 0 Å². The molecule has 3 aromatic heterocycles. The maximum absolute atomic E-state index is 12.6. The van der Waals surface area contributed by atoms with Crippen LogP contribution in [0.5, 0.6) is 0 Å². The summed E-state index contributed by atoms with van der Waals surface area (Å²) in [5, 5.41) is 8.06. The molecule has 0 bridgehead atoms. The molecule has 1 N–H and O–H groups in total. The minimum absolute atomic E-state index is 0.00467. The number of pyridine rings is 1. The number of carbonyl (C=O) groups is 1. The molecule has 9 heteroatoms. The van der Waals surface area contributed by atoms with Crippen LogP contribution < -0.4 is 10.2 Å². The van der Waals surface area contributed by atoms with Crippen LogP contribution in [0.15, 0.2) is 61.6 Å². The van der Waals surface area contributed by atoms with Gasteiger partial charge in [0.05, 0.1) is 11.4 Å². The van der Waals surface area contributed by atoms with E-state index in [1.54, 1.807) is 17.2 Å². The van der Waals surface area contributed by atoms with Crippen LogP contribution in [-0.2, 0) is 4.79 Å². The van der Waals surface area contributed by atoms with Crippen LogP contribution >= 0.6 is 0 Å². The standard InChI is InChI=1S/C19H16N8O/c28-19(25-15-3-4-16-13(6-15)2-1-5-21-16)14-8-26(9-14)17-7-18(23-11-22-17)27-12-20-10-24-27/h1-7,10-12,14H,8-9H2,(H,25,28). The molecule has 1 aliphatic heterocycles. The summed E-state index contributed by atoms with van der Waals surface area (Å²) in [6, 6.07) is 11.4. The van der Waals surface area contributed by atoms with Gasteiger partial charge in [-0.25, -0.2) is 19.6 Å². The van der Waals surface area contributed by atoms with Gasteiger partial charge in [-0.05, 0) is 24.3 Å². The van der Waals surface area contributed by atoms with Crippen LogP contribution in [-0.4, -0.2) is 48.7 Å². The largest absolute Gasteiger partial charge is 0.355 e. The van der Waals surface area contributed by atoms with Crippen molar-refractivity contribution in [2.45, 2.75) is 0 Å². The zero-order chi connectivity index (χ0) is 18.9. The fraction of sp³-hybridized carbons (Fsp3) is 0.158. The molecule has 4 heterocycles. The summed E-state index contributed by atoms with van der Waals surface area (Å²) in [5.41, 5.74) is 1.68. The molecule has 1 aliphatic rings. The zero-order valence-electron chi connectivity index (χ0n) is 14.8. The second-order valence-corrected chi connectivity index (χ2v) is 6.58. The Hall–Kier alpha value is -3.88. The lowest BCUT2D eigenvalue weighted by Gasteiger charge is -2.39. The average Bonchev–Trinajstić information content (AvgIpc) is 3.22. The molecule has 28 heavy (non-hydrogen) atoms. The Morgan fingerprint density at radius 1 is 1.04 bits per heavy atom. The van der Waals surface area contributed by atoms with E-state index in [9.17, 15) is 4.79 Å². The topological polar surface area (TPSA) is 102 Å². The molecular formula is C19H16N8O. The van der Waals surface area contributed by atoms with Gasteiger partial charge in [-0.1, -0.05) is 6.07 Å². The summed E-state index contributed by atoms with van der Waals surface area (Å²) in [7, 11) is 0. The molecular weight excluding hydrogens is 356 g/mol. The quantitative estimate of drug-likeness (QED) is 0.581. The van der Waals surface area contributed by atoms with Crippen LogP contribution in [0.1, 0.15) is 0 Å². The molecule has 0 saturated carbocycles. The van der Waals surface area contributed by atoms with E-state index >= 15 is 0 Å². The minimum atomic E-state index is -0.0885. The van der Waals surface area contributed by atoms with Crippen molar-refractivity contribution in [3.8, 4) is 5.82 Å². The Kier molecular flexibility index (Phi) is 3.90. The third-order valence-electron chi connectivity index (χ3n) is 4.74. The summed E-state index contributed by atoms with van der Waals surface area (Å²) < 4.78 is 1.57. The molecule has 1 fully saturated rings. The van der Waals surface area contributed by atoms with Crippen molar-refractivity contribution in [1.29, 1.82) is 0 Å². The molecule has 5 rings (SSSR count). The zero-order valence-corrected chi connectivity index (χ0v) is 14.8. The maximum Gasteiger partial charge on any atom is 0.231 e. The smallest absolute Gasteiger partial charge is 0.231 e. The van der Waals surface area contributed by atoms with Gasteiger partial charge >= 0.3 is 0 Å². The number of hydrogen-bond acceptors (Lipinski definition) is 7. The summed E-state index contributed by atoms with van der Waals surface area (Å²) in [4.78, 5) is 31.3. The number of carbonyl (C=O) groups excluding carboxylic acids is 1. The SMILES string of the molecule is O=C(Nc1ccc2ncccc2c1)C1CN(c2cc(-n3cncn3)ncn2)C1. The van der Waals surface area contributed by atoms with Gasteiger partial charge in [0, 0.05) is 36.4 Å². The number of nitrogens with one attached hydrogen (secondary N) is 1. The normalized spacial score (nSPS) is 14.1. The van der Waals surface area contributed by atoms with E-state index in [1.807, 2.05) is 41.3 Å². The molecule has 0 spiro atoms. The van der Waals surface area contributed by atoms with Crippen molar-refractivity contribution in [3.63, 3.8) is 0 Å². The number of anilines is 2. The molecule has 138 valence electrons. The Morgan fingerprint density at radius 2 is 1.93 bits per heavy atom. The predicted molar refractivity (Wildman–Crippen MR) is 103 cm³/mol. The highest BCUT2D eigenvalue weighted by molar-refractivity contribution is 5.96. The van der Waals surface area contributed by atoms with E-state index in [0.717, 1.165) is 22.4 Å². The second-order valence-electron chi connectivity index (χ2n) is 6.58. The third-order valence-corrected chi connectivity index (χ3v) is 4.74. The van der Waals surface area contributed by atoms with Crippen LogP contribution in [0.3, 0.4) is 0 Å². The first-order valence-corrected chi connectivity index (χ1v) is 8.84. The Bertz CT molecular complexity index is 1140. The number of amides is 1. The van der Waals surface area contributed by atoms with Crippen molar-refractivity contribution >= 4 is 28.3 Å². The lowest BCUT2D eigenvalue weighted by atomic mass is 9.99. The van der Waals surface area contributed by atoms with Crippen molar-refractivity contribution in [3.05, 3.63) is 61.6 Å². The molecule has 1 amide bonds. The highest BCUT2D eigenvalue weighted by Gasteiger charge is 2.33. The second kappa shape index (κ2) is 6.69. The van der Waals surface area contributed by atoms with E-state index in [0.29, 0.717) is 18.9 Å². The van der Waals surface area contributed by atoms with Gasteiger partial charge < -0.3 is 10.2 Å². The number of rotatable bonds is 4. The van der Waals surface area contributed by atoms with Crippen molar-refractivity contribution in [1.82, 2.24) is 29.7 Å². The van der Waals surface area contributed by atoms with Crippen LogP contribution in [0.2, 0.25) is 0 Å². The molecule has 0 atom stereocenters. The summed E-state index contributed by atoms with van der Waals surface area (Å²) >= 11 is 0. The summed E-state index contributed by atoms with van der Waals surface area (Å²) in [5.74, 6) is 1.32. The monoisotopic (exact) mass is 372 g/mol. The van der Waals surface area contributed by atoms with Gasteiger partial charge in [0.2, 0.25) is 5.91 Å². The fourth-order valence-electron chi connectivity index (χ4n) is 3.19. The van der Waals surface area contributed by atoms with Crippen LogP contribution in [0.25, 0.3) is 16.7 Å². The Labute approximate surface area is 160 Å². The Balaban J connectivity index is 1.24. The molecule has 9 nitrogen and oxygen atoms in total. The van der Waals surface area contributed by atoms with Gasteiger partial charge in [0.15, 0.2) is 5.82 Å². The number of benzene rings is 1. The highest BCUT2D eigenvalue weighted by Crippen LogP contribution is 2.25. The lowest BCUT2D eigenvalue weighted by Crippen LogP contribution is -2.52. The average molecular weight is 372 g/mol. The van der Waals surface area contributed by atoms with E-state index < -0.39 is 0 Å². The molecule has 1 saturated heterocycles. The predicted octanol–water partition coefficient (Wildman–Crippen LogP) is 1.68. The van der Waals surface area contributed by atoms with Crippen molar-refractivity contribution in [2.24, 2.45) is 5.92 Å². The van der Waals surface area contributed by atoms with Crippen LogP contribution in [0, 0.1) is 5.92 Å². The van der Waals surface area contributed by atoms with Gasteiger partial charge in [0.25, 0.3) is 0 Å². The third kappa shape index (κ3) is 3.02. The molecule has 0 aliphatic carbocycles. The molecule has 1 aromatic carbocycles. The first-order valence-electron chi connectivity index (χ1n) is 8.84. The summed E-state index contributed by atoms with van der Waals surface area (Å²) in [6.45, 7) is 1.21. The summed E-state index contributed by atoms with van der Waals surface area (Å²) in [6.07, 6.45) is 6.28. The first-order chi connectivity index (χ1) is 13.8. The van der Waals surface area contributed by atoms with E-state index in [-0.39, 0.29) is 11.8 Å². The van der Waals surface area contributed by atoms with Gasteiger partial charge in [-0.2, -0.15) is 5.10 Å².